The third kappa shape index (κ3) is 2.87. The average molecular weight is 537 g/mol. The molecule has 2 atom stereocenters. The zero-order chi connectivity index (χ0) is 27.1. The molecule has 7 heteroatoms. The van der Waals surface area contributed by atoms with Crippen LogP contribution < -0.4 is 0 Å². The van der Waals surface area contributed by atoms with E-state index in [-0.39, 0.29) is 22.3 Å². The summed E-state index contributed by atoms with van der Waals surface area (Å²) in [6.07, 6.45) is -1.35. The first-order chi connectivity index (χ1) is 18.8. The molecule has 4 aromatic rings. The second kappa shape index (κ2) is 8.12. The van der Waals surface area contributed by atoms with E-state index in [1.54, 1.807) is 60.7 Å². The minimum absolute atomic E-state index is 0.159. The van der Waals surface area contributed by atoms with Gasteiger partial charge in [0, 0.05) is 27.3 Å². The Morgan fingerprint density at radius 1 is 0.590 bits per heavy atom. The lowest BCUT2D eigenvalue weighted by Gasteiger charge is -2.34. The number of Topliss-reactive ketones (excluding diaryl/α,β-unsaturated/α-hetero) is 4. The molecule has 1 aliphatic heterocycles. The molecule has 39 heavy (non-hydrogen) atoms. The van der Waals surface area contributed by atoms with Crippen LogP contribution in [0.5, 0.6) is 0 Å². The predicted octanol–water partition coefficient (Wildman–Crippen LogP) is 6.22. The summed E-state index contributed by atoms with van der Waals surface area (Å²) in [4.78, 5) is 57.6. The Kier molecular flexibility index (Phi) is 4.96. The van der Waals surface area contributed by atoms with Crippen molar-refractivity contribution in [1.82, 2.24) is 0 Å². The molecule has 1 heterocycles. The standard InChI is InChI=1S/C32H18ClFO5/c33-19-13-9-17(10-14-19)25-31(26(35)21-5-1-2-6-22(21)27(31)36)30(18-11-15-20(34)16-12-18)39-32(25)28(37)23-7-3-4-8-24(23)29(32)38/h1-16,25,30H/t25-,30-/m0/s1. The largest absolute Gasteiger partial charge is 0.348 e. The van der Waals surface area contributed by atoms with Gasteiger partial charge >= 0.3 is 0 Å². The first-order valence-corrected chi connectivity index (χ1v) is 12.8. The van der Waals surface area contributed by atoms with E-state index in [1.165, 1.54) is 36.4 Å². The van der Waals surface area contributed by atoms with Gasteiger partial charge in [0.1, 0.15) is 17.3 Å². The molecule has 0 radical (unpaired) electrons. The Morgan fingerprint density at radius 3 is 1.51 bits per heavy atom. The highest BCUT2D eigenvalue weighted by atomic mass is 35.5. The predicted molar refractivity (Wildman–Crippen MR) is 140 cm³/mol. The number of carbonyl (C=O) groups is 4. The van der Waals surface area contributed by atoms with Gasteiger partial charge in [-0.25, -0.2) is 4.39 Å². The molecule has 2 aliphatic carbocycles. The van der Waals surface area contributed by atoms with Gasteiger partial charge in [0.25, 0.3) is 0 Å². The van der Waals surface area contributed by atoms with Crippen LogP contribution in [0.25, 0.3) is 0 Å². The molecule has 2 spiro atoms. The number of hydrogen-bond donors (Lipinski definition) is 0. The minimum atomic E-state index is -2.20. The number of halogens is 2. The van der Waals surface area contributed by atoms with E-state index in [0.29, 0.717) is 16.1 Å². The van der Waals surface area contributed by atoms with Gasteiger partial charge in [-0.15, -0.1) is 0 Å². The van der Waals surface area contributed by atoms with Crippen LogP contribution in [0.4, 0.5) is 4.39 Å². The van der Waals surface area contributed by atoms with Crippen molar-refractivity contribution in [2.75, 3.05) is 0 Å². The van der Waals surface area contributed by atoms with Crippen LogP contribution in [0.2, 0.25) is 5.02 Å². The number of carbonyl (C=O) groups excluding carboxylic acids is 4. The smallest absolute Gasteiger partial charge is 0.204 e. The SMILES string of the molecule is O=C1c2ccccc2C(=O)C12O[C@@H](c1ccc(F)cc1)C1(C(=O)c3ccccc3C1=O)[C@@H]2c1ccc(Cl)cc1. The third-order valence-electron chi connectivity index (χ3n) is 8.21. The van der Waals surface area contributed by atoms with E-state index in [2.05, 4.69) is 0 Å². The second-order valence-corrected chi connectivity index (χ2v) is 10.5. The van der Waals surface area contributed by atoms with Crippen molar-refractivity contribution in [3.8, 4) is 0 Å². The summed E-state index contributed by atoms with van der Waals surface area (Å²) < 4.78 is 20.5. The van der Waals surface area contributed by atoms with E-state index >= 15 is 0 Å². The van der Waals surface area contributed by atoms with Gasteiger partial charge in [0.15, 0.2) is 11.6 Å². The molecule has 0 bridgehead atoms. The summed E-state index contributed by atoms with van der Waals surface area (Å²) in [5, 5.41) is 0.399. The van der Waals surface area contributed by atoms with Crippen molar-refractivity contribution in [1.29, 1.82) is 0 Å². The van der Waals surface area contributed by atoms with Gasteiger partial charge in [0.2, 0.25) is 17.2 Å². The molecular formula is C32H18ClFO5. The van der Waals surface area contributed by atoms with Gasteiger partial charge in [-0.05, 0) is 35.4 Å². The van der Waals surface area contributed by atoms with Crippen LogP contribution in [0.1, 0.15) is 64.6 Å². The molecule has 3 aliphatic rings. The van der Waals surface area contributed by atoms with E-state index in [1.807, 2.05) is 0 Å². The summed E-state index contributed by atoms with van der Waals surface area (Å²) >= 11 is 6.19. The van der Waals surface area contributed by atoms with Crippen molar-refractivity contribution in [2.24, 2.45) is 5.41 Å². The quantitative estimate of drug-likeness (QED) is 0.284. The highest BCUT2D eigenvalue weighted by molar-refractivity contribution is 6.37. The summed E-state index contributed by atoms with van der Waals surface area (Å²) in [5.41, 5.74) is -2.84. The summed E-state index contributed by atoms with van der Waals surface area (Å²) in [6, 6.07) is 24.4. The zero-order valence-electron chi connectivity index (χ0n) is 20.2. The number of rotatable bonds is 2. The van der Waals surface area contributed by atoms with Crippen LogP contribution >= 0.6 is 11.6 Å². The molecule has 1 fully saturated rings. The Balaban J connectivity index is 1.59. The lowest BCUT2D eigenvalue weighted by molar-refractivity contribution is -0.0210. The molecule has 1 saturated heterocycles. The maximum Gasteiger partial charge on any atom is 0.204 e. The molecular weight excluding hydrogens is 519 g/mol. The first-order valence-electron chi connectivity index (χ1n) is 12.4. The van der Waals surface area contributed by atoms with E-state index in [4.69, 9.17) is 16.3 Å². The summed E-state index contributed by atoms with van der Waals surface area (Å²) in [6.45, 7) is 0. The number of ketones is 4. The minimum Gasteiger partial charge on any atom is -0.348 e. The first kappa shape index (κ1) is 23.8. The second-order valence-electron chi connectivity index (χ2n) is 10.0. The van der Waals surface area contributed by atoms with Gasteiger partial charge in [-0.1, -0.05) is 84.4 Å². The number of fused-ring (bicyclic) bond motifs is 2. The maximum absolute atomic E-state index is 14.5. The topological polar surface area (TPSA) is 77.5 Å². The molecule has 5 nitrogen and oxygen atoms in total. The highest BCUT2D eigenvalue weighted by Crippen LogP contribution is 2.67. The fraction of sp³-hybridized carbons (Fsp3) is 0.125. The normalized spacial score (nSPS) is 22.1. The molecule has 190 valence electrons. The van der Waals surface area contributed by atoms with Gasteiger partial charge in [-0.2, -0.15) is 0 Å². The third-order valence-corrected chi connectivity index (χ3v) is 8.47. The van der Waals surface area contributed by atoms with Crippen molar-refractivity contribution in [2.45, 2.75) is 17.6 Å². The average Bonchev–Trinajstić information content (AvgIpc) is 3.48. The molecule has 0 aromatic heterocycles. The van der Waals surface area contributed by atoms with Crippen LogP contribution in [0.3, 0.4) is 0 Å². The lowest BCUT2D eigenvalue weighted by Crippen LogP contribution is -2.51. The Labute approximate surface area is 227 Å². The molecule has 0 amide bonds. The van der Waals surface area contributed by atoms with E-state index < -0.39 is 52.0 Å². The van der Waals surface area contributed by atoms with Crippen LogP contribution in [0, 0.1) is 11.2 Å². The molecule has 4 aromatic carbocycles. The Hall–Kier alpha value is -4.26. The van der Waals surface area contributed by atoms with Crippen molar-refractivity contribution in [3.63, 3.8) is 0 Å². The Bertz CT molecular complexity index is 1670. The number of hydrogen-bond acceptors (Lipinski definition) is 5. The highest BCUT2D eigenvalue weighted by Gasteiger charge is 2.79. The van der Waals surface area contributed by atoms with Crippen molar-refractivity contribution >= 4 is 34.7 Å². The van der Waals surface area contributed by atoms with Crippen LogP contribution in [-0.4, -0.2) is 28.7 Å². The molecule has 0 N–H and O–H groups in total. The van der Waals surface area contributed by atoms with Crippen LogP contribution in [0.15, 0.2) is 97.1 Å². The van der Waals surface area contributed by atoms with Gasteiger partial charge < -0.3 is 4.74 Å². The molecule has 0 saturated carbocycles. The monoisotopic (exact) mass is 536 g/mol. The molecule has 7 rings (SSSR count). The summed E-state index contributed by atoms with van der Waals surface area (Å²) in [5.74, 6) is -4.19. The van der Waals surface area contributed by atoms with Gasteiger partial charge in [0.05, 0.1) is 5.92 Å². The zero-order valence-corrected chi connectivity index (χ0v) is 20.9. The van der Waals surface area contributed by atoms with E-state index in [9.17, 15) is 23.6 Å². The van der Waals surface area contributed by atoms with Gasteiger partial charge in [-0.3, -0.25) is 19.2 Å². The fourth-order valence-corrected chi connectivity index (χ4v) is 6.75. The Morgan fingerprint density at radius 2 is 1.03 bits per heavy atom. The maximum atomic E-state index is 14.5. The van der Waals surface area contributed by atoms with Crippen molar-refractivity contribution < 1.29 is 28.3 Å². The lowest BCUT2D eigenvalue weighted by atomic mass is 9.60. The summed E-state index contributed by atoms with van der Waals surface area (Å²) in [7, 11) is 0. The van der Waals surface area contributed by atoms with Crippen LogP contribution in [-0.2, 0) is 4.74 Å². The number of ether oxygens (including phenoxy) is 1. The fourth-order valence-electron chi connectivity index (χ4n) is 6.62. The number of benzene rings is 4. The van der Waals surface area contributed by atoms with E-state index in [0.717, 1.165) is 0 Å². The molecule has 0 unspecified atom stereocenters. The van der Waals surface area contributed by atoms with Crippen molar-refractivity contribution in [3.05, 3.63) is 141 Å².